The van der Waals surface area contributed by atoms with Gasteiger partial charge in [0.2, 0.25) is 0 Å². The molecule has 156 valence electrons. The first-order valence-electron chi connectivity index (χ1n) is 10.7. The Morgan fingerprint density at radius 2 is 1.34 bits per heavy atom. The number of halogens is 2. The van der Waals surface area contributed by atoms with Crippen LogP contribution in [-0.4, -0.2) is 0 Å². The van der Waals surface area contributed by atoms with Crippen molar-refractivity contribution in [2.75, 3.05) is 0 Å². The third kappa shape index (κ3) is 3.85. The Morgan fingerprint density at radius 1 is 0.719 bits per heavy atom. The molecule has 0 spiro atoms. The van der Waals surface area contributed by atoms with E-state index in [-0.39, 0.29) is 5.41 Å². The molecule has 5 aromatic carbocycles. The van der Waals surface area contributed by atoms with Gasteiger partial charge in [-0.2, -0.15) is 0 Å². The zero-order valence-corrected chi connectivity index (χ0v) is 21.4. The molecule has 0 aliphatic heterocycles. The molecule has 0 nitrogen and oxygen atoms in total. The molecule has 0 saturated carbocycles. The summed E-state index contributed by atoms with van der Waals surface area (Å²) in [5.41, 5.74) is 4.52. The zero-order valence-electron chi connectivity index (χ0n) is 18.3. The molecule has 32 heavy (non-hydrogen) atoms. The molecule has 0 aliphatic rings. The van der Waals surface area contributed by atoms with Gasteiger partial charge in [-0.1, -0.05) is 93.3 Å². The van der Waals surface area contributed by atoms with Gasteiger partial charge in [0.15, 0.2) is 0 Å². The Hall–Kier alpha value is -2.60. The van der Waals surface area contributed by atoms with E-state index in [2.05, 4.69) is 143 Å². The second kappa shape index (κ2) is 8.07. The monoisotopic (exact) mass is 540 g/mol. The van der Waals surface area contributed by atoms with Crippen LogP contribution < -0.4 is 0 Å². The van der Waals surface area contributed by atoms with Gasteiger partial charge in [-0.15, -0.1) is 0 Å². The van der Waals surface area contributed by atoms with Crippen molar-refractivity contribution < 1.29 is 0 Å². The van der Waals surface area contributed by atoms with E-state index in [1.54, 1.807) is 0 Å². The van der Waals surface area contributed by atoms with Crippen molar-refractivity contribution in [3.8, 4) is 11.8 Å². The average Bonchev–Trinajstić information content (AvgIpc) is 2.76. The predicted molar refractivity (Wildman–Crippen MR) is 147 cm³/mol. The number of hydrogen-bond acceptors (Lipinski definition) is 0. The molecule has 0 saturated heterocycles. The number of hydrogen-bond donors (Lipinski definition) is 0. The van der Waals surface area contributed by atoms with Gasteiger partial charge in [0.25, 0.3) is 0 Å². The van der Waals surface area contributed by atoms with E-state index in [1.165, 1.54) is 37.9 Å². The molecule has 0 amide bonds. The molecular weight excluding hydrogens is 520 g/mol. The molecule has 0 aliphatic carbocycles. The molecule has 0 fully saturated rings. The smallest absolute Gasteiger partial charge is 0.0610 e. The summed E-state index contributed by atoms with van der Waals surface area (Å²) in [7, 11) is 0. The molecule has 0 aromatic heterocycles. The Morgan fingerprint density at radius 3 is 2.03 bits per heavy atom. The lowest BCUT2D eigenvalue weighted by Crippen LogP contribution is -2.11. The summed E-state index contributed by atoms with van der Waals surface area (Å²) in [4.78, 5) is 0. The van der Waals surface area contributed by atoms with Gasteiger partial charge in [0.05, 0.1) is 3.39 Å². The minimum absolute atomic E-state index is 0.0668. The normalized spacial score (nSPS) is 11.7. The highest BCUT2D eigenvalue weighted by atomic mass is 79.9. The quantitative estimate of drug-likeness (QED) is 0.146. The molecule has 0 N–H and O–H groups in total. The maximum absolute atomic E-state index is 3.50. The highest BCUT2D eigenvalue weighted by molar-refractivity contribution is 9.28. The summed E-state index contributed by atoms with van der Waals surface area (Å²) in [5, 5.41) is 7.66. The summed E-state index contributed by atoms with van der Waals surface area (Å²) >= 11 is 7.00. The van der Waals surface area contributed by atoms with Crippen LogP contribution in [0.15, 0.2) is 76.2 Å². The Balaban J connectivity index is 1.73. The van der Waals surface area contributed by atoms with Crippen molar-refractivity contribution in [1.82, 2.24) is 0 Å². The van der Waals surface area contributed by atoms with Crippen molar-refractivity contribution >= 4 is 70.3 Å². The van der Waals surface area contributed by atoms with E-state index < -0.39 is 0 Å². The molecule has 2 heteroatoms. The fraction of sp³-hybridized carbons (Fsp3) is 0.133. The van der Waals surface area contributed by atoms with Crippen LogP contribution in [0.3, 0.4) is 0 Å². The molecule has 0 bridgehead atoms. The molecular formula is C30H22Br2. The van der Waals surface area contributed by atoms with Crippen LogP contribution in [0.2, 0.25) is 0 Å². The highest BCUT2D eigenvalue weighted by Crippen LogP contribution is 2.35. The first-order valence-corrected chi connectivity index (χ1v) is 12.3. The summed E-state index contributed by atoms with van der Waals surface area (Å²) in [5.74, 6) is 6.98. The summed E-state index contributed by atoms with van der Waals surface area (Å²) in [6.07, 6.45) is 2.06. The first-order chi connectivity index (χ1) is 15.3. The van der Waals surface area contributed by atoms with Crippen LogP contribution in [0.25, 0.3) is 38.4 Å². The van der Waals surface area contributed by atoms with Crippen molar-refractivity contribution in [2.45, 2.75) is 26.2 Å². The predicted octanol–water partition coefficient (Wildman–Crippen LogP) is 9.37. The molecule has 5 rings (SSSR count). The van der Waals surface area contributed by atoms with E-state index in [9.17, 15) is 0 Å². The molecule has 0 heterocycles. The summed E-state index contributed by atoms with van der Waals surface area (Å²) in [6.45, 7) is 6.70. The van der Waals surface area contributed by atoms with Crippen molar-refractivity contribution in [3.63, 3.8) is 0 Å². The van der Waals surface area contributed by atoms with Gasteiger partial charge in [0, 0.05) is 11.1 Å². The van der Waals surface area contributed by atoms with Crippen LogP contribution >= 0.6 is 31.9 Å². The van der Waals surface area contributed by atoms with E-state index in [0.717, 1.165) is 20.1 Å². The van der Waals surface area contributed by atoms with Gasteiger partial charge >= 0.3 is 0 Å². The Bertz CT molecular complexity index is 1550. The third-order valence-corrected chi connectivity index (χ3v) is 6.50. The molecule has 0 radical (unpaired) electrons. The van der Waals surface area contributed by atoms with Crippen LogP contribution in [0.4, 0.5) is 0 Å². The van der Waals surface area contributed by atoms with E-state index in [1.807, 2.05) is 0 Å². The van der Waals surface area contributed by atoms with Gasteiger partial charge in [-0.3, -0.25) is 0 Å². The van der Waals surface area contributed by atoms with Gasteiger partial charge in [0.1, 0.15) is 0 Å². The SMILES string of the molecule is CC(C)(C)c1ccc(C=C(Br)Br)c(C#Cc2ccc3ccc4cccc5ccc2c3c45)c1. The lowest BCUT2D eigenvalue weighted by atomic mass is 9.85. The first kappa shape index (κ1) is 21.3. The fourth-order valence-corrected chi connectivity index (χ4v) is 4.85. The maximum atomic E-state index is 3.50. The Kier molecular flexibility index (Phi) is 5.36. The largest absolute Gasteiger partial charge is 0.0610 e. The molecule has 5 aromatic rings. The summed E-state index contributed by atoms with van der Waals surface area (Å²) in [6, 6.07) is 26.3. The molecule has 0 atom stereocenters. The Labute approximate surface area is 205 Å². The highest BCUT2D eigenvalue weighted by Gasteiger charge is 2.15. The van der Waals surface area contributed by atoms with E-state index in [4.69, 9.17) is 0 Å². The average molecular weight is 542 g/mol. The maximum Gasteiger partial charge on any atom is 0.0610 e. The van der Waals surface area contributed by atoms with Crippen molar-refractivity contribution in [3.05, 3.63) is 98.4 Å². The van der Waals surface area contributed by atoms with Gasteiger partial charge in [-0.05, 0) is 98.9 Å². The minimum Gasteiger partial charge on any atom is -0.0610 e. The second-order valence-corrected chi connectivity index (χ2v) is 12.0. The standard InChI is InChI=1S/C30H22Br2/c1-30(2,3)25-15-13-24(18-27(31)32)23(17-25)12-8-19-7-9-22-11-10-20-5-4-6-21-14-16-26(19)29(22)28(20)21/h4-7,9-11,13-18H,1-3H3. The lowest BCUT2D eigenvalue weighted by Gasteiger charge is -2.19. The van der Waals surface area contributed by atoms with Gasteiger partial charge in [-0.25, -0.2) is 0 Å². The van der Waals surface area contributed by atoms with Crippen LogP contribution in [0, 0.1) is 11.8 Å². The van der Waals surface area contributed by atoms with Crippen LogP contribution in [-0.2, 0) is 5.41 Å². The van der Waals surface area contributed by atoms with Crippen molar-refractivity contribution in [1.29, 1.82) is 0 Å². The van der Waals surface area contributed by atoms with Gasteiger partial charge < -0.3 is 0 Å². The topological polar surface area (TPSA) is 0 Å². The van der Waals surface area contributed by atoms with Crippen molar-refractivity contribution in [2.24, 2.45) is 0 Å². The third-order valence-electron chi connectivity index (χ3n) is 6.04. The van der Waals surface area contributed by atoms with E-state index >= 15 is 0 Å². The minimum atomic E-state index is 0.0668. The second-order valence-electron chi connectivity index (χ2n) is 9.21. The number of rotatable bonds is 1. The zero-order chi connectivity index (χ0) is 22.5. The lowest BCUT2D eigenvalue weighted by molar-refractivity contribution is 0.590. The van der Waals surface area contributed by atoms with E-state index in [0.29, 0.717) is 0 Å². The van der Waals surface area contributed by atoms with Crippen LogP contribution in [0.5, 0.6) is 0 Å². The summed E-state index contributed by atoms with van der Waals surface area (Å²) < 4.78 is 0.902. The number of benzene rings is 5. The molecule has 0 unspecified atom stereocenters. The fourth-order valence-electron chi connectivity index (χ4n) is 4.35. The van der Waals surface area contributed by atoms with Crippen LogP contribution in [0.1, 0.15) is 43.0 Å².